The molecule has 2 aromatic heterocycles. The molecule has 3 N–H and O–H groups in total. The summed E-state index contributed by atoms with van der Waals surface area (Å²) in [5, 5.41) is 0. The van der Waals surface area contributed by atoms with Gasteiger partial charge < -0.3 is 25.3 Å². The van der Waals surface area contributed by atoms with Gasteiger partial charge in [0.2, 0.25) is 0 Å². The average Bonchev–Trinajstić information content (AvgIpc) is 3.13. The lowest BCUT2D eigenvalue weighted by molar-refractivity contribution is 0.211. The van der Waals surface area contributed by atoms with Gasteiger partial charge in [0.05, 0.1) is 16.8 Å². The molecule has 4 rings (SSSR count). The summed E-state index contributed by atoms with van der Waals surface area (Å²) in [5.41, 5.74) is 8.51. The molecule has 8 nitrogen and oxygen atoms in total. The van der Waals surface area contributed by atoms with Crippen LogP contribution in [-0.2, 0) is 0 Å². The van der Waals surface area contributed by atoms with E-state index in [0.29, 0.717) is 17.1 Å². The second-order valence-electron chi connectivity index (χ2n) is 6.47. The summed E-state index contributed by atoms with van der Waals surface area (Å²) in [5.74, 6) is 1.02. The topological polar surface area (TPSA) is 100 Å². The molecule has 1 fully saturated rings. The molecule has 1 aliphatic heterocycles. The molecule has 1 saturated heterocycles. The van der Waals surface area contributed by atoms with Gasteiger partial charge in [0.15, 0.2) is 5.75 Å². The Labute approximate surface area is 157 Å². The number of carbonyl (C=O) groups is 1. The quantitative estimate of drug-likeness (QED) is 0.734. The number of piperazine rings is 1. The number of carbonyl (C=O) groups excluding carboxylic acids is 1. The van der Waals surface area contributed by atoms with Gasteiger partial charge >= 0.3 is 6.09 Å². The van der Waals surface area contributed by atoms with Gasteiger partial charge in [-0.25, -0.2) is 9.78 Å². The number of primary amides is 1. The molecule has 1 aromatic carbocycles. The Kier molecular flexibility index (Phi) is 4.64. The number of aromatic amines is 1. The van der Waals surface area contributed by atoms with E-state index in [0.717, 1.165) is 49.5 Å². The Morgan fingerprint density at radius 2 is 2.07 bits per heavy atom. The molecule has 1 amide bonds. The van der Waals surface area contributed by atoms with Crippen LogP contribution < -0.4 is 15.4 Å². The number of hydrogen-bond acceptors (Lipinski definition) is 6. The first-order valence-electron chi connectivity index (χ1n) is 9.03. The molecule has 3 heterocycles. The Bertz CT molecular complexity index is 962. The van der Waals surface area contributed by atoms with Crippen LogP contribution in [0.5, 0.6) is 5.75 Å². The number of H-pyrrole nitrogens is 1. The van der Waals surface area contributed by atoms with Crippen molar-refractivity contribution < 1.29 is 9.53 Å². The first kappa shape index (κ1) is 17.3. The third kappa shape index (κ3) is 3.43. The van der Waals surface area contributed by atoms with Gasteiger partial charge in [0, 0.05) is 38.6 Å². The van der Waals surface area contributed by atoms with Crippen LogP contribution in [0.2, 0.25) is 0 Å². The number of hydrogen-bond donors (Lipinski definition) is 2. The molecule has 0 radical (unpaired) electrons. The monoisotopic (exact) mass is 366 g/mol. The molecule has 27 heavy (non-hydrogen) atoms. The lowest BCUT2D eigenvalue weighted by atomic mass is 10.1. The molecule has 0 bridgehead atoms. The first-order chi connectivity index (χ1) is 13.2. The van der Waals surface area contributed by atoms with Crippen molar-refractivity contribution in [1.29, 1.82) is 0 Å². The number of aromatic nitrogens is 3. The van der Waals surface area contributed by atoms with Crippen LogP contribution in [0.3, 0.4) is 0 Å². The summed E-state index contributed by atoms with van der Waals surface area (Å²) in [6.07, 6.45) is 2.76. The number of benzene rings is 1. The molecule has 0 spiro atoms. The normalized spacial score (nSPS) is 15.2. The third-order valence-electron chi connectivity index (χ3n) is 4.90. The molecule has 3 aromatic rings. The standard InChI is InChI=1S/C19H22N6O2/c1-2-24-8-10-25(11-9-24)15-6-7-21-12-13(15)18-22-14-4-3-5-16(17(14)23-18)27-19(20)26/h3-7,12H,2,8-11H2,1H3,(H2,20,26)(H,22,23). The molecule has 0 saturated carbocycles. The van der Waals surface area contributed by atoms with Crippen molar-refractivity contribution in [3.8, 4) is 17.1 Å². The van der Waals surface area contributed by atoms with Crippen molar-refractivity contribution >= 4 is 22.8 Å². The van der Waals surface area contributed by atoms with Crippen LogP contribution in [0.25, 0.3) is 22.4 Å². The zero-order valence-electron chi connectivity index (χ0n) is 15.2. The Hall–Kier alpha value is -3.13. The minimum Gasteiger partial charge on any atom is -0.408 e. The van der Waals surface area contributed by atoms with Crippen molar-refractivity contribution in [1.82, 2.24) is 19.9 Å². The molecule has 0 atom stereocenters. The van der Waals surface area contributed by atoms with Gasteiger partial charge in [-0.2, -0.15) is 0 Å². The lowest BCUT2D eigenvalue weighted by Gasteiger charge is -2.36. The highest BCUT2D eigenvalue weighted by Gasteiger charge is 2.21. The number of nitrogens with two attached hydrogens (primary N) is 1. The number of likely N-dealkylation sites (N-methyl/N-ethyl adjacent to an activating group) is 1. The van der Waals surface area contributed by atoms with Crippen LogP contribution in [-0.4, -0.2) is 58.7 Å². The maximum Gasteiger partial charge on any atom is 0.410 e. The number of fused-ring (bicyclic) bond motifs is 1. The highest BCUT2D eigenvalue weighted by molar-refractivity contribution is 5.88. The number of amides is 1. The Morgan fingerprint density at radius 3 is 2.81 bits per heavy atom. The van der Waals surface area contributed by atoms with Crippen LogP contribution >= 0.6 is 0 Å². The number of anilines is 1. The Balaban J connectivity index is 1.71. The predicted octanol–water partition coefficient (Wildman–Crippen LogP) is 2.22. The smallest absolute Gasteiger partial charge is 0.408 e. The summed E-state index contributed by atoms with van der Waals surface area (Å²) in [6.45, 7) is 7.25. The van der Waals surface area contributed by atoms with Gasteiger partial charge in [0.1, 0.15) is 11.3 Å². The van der Waals surface area contributed by atoms with E-state index in [1.165, 1.54) is 0 Å². The molecule has 8 heteroatoms. The van der Waals surface area contributed by atoms with E-state index in [2.05, 4.69) is 31.7 Å². The van der Waals surface area contributed by atoms with E-state index in [9.17, 15) is 4.79 Å². The first-order valence-corrected chi connectivity index (χ1v) is 9.03. The van der Waals surface area contributed by atoms with Crippen LogP contribution in [0.15, 0.2) is 36.7 Å². The number of imidazole rings is 1. The number of nitrogens with zero attached hydrogens (tertiary/aromatic N) is 4. The number of ether oxygens (including phenoxy) is 1. The van der Waals surface area contributed by atoms with Crippen LogP contribution in [0, 0.1) is 0 Å². The molecule has 0 unspecified atom stereocenters. The maximum absolute atomic E-state index is 11.1. The van der Waals surface area contributed by atoms with Crippen LogP contribution in [0.1, 0.15) is 6.92 Å². The number of pyridine rings is 1. The summed E-state index contributed by atoms with van der Waals surface area (Å²) < 4.78 is 5.07. The van der Waals surface area contributed by atoms with E-state index in [4.69, 9.17) is 10.5 Å². The van der Waals surface area contributed by atoms with E-state index in [1.54, 1.807) is 18.3 Å². The van der Waals surface area contributed by atoms with Crippen LogP contribution in [0.4, 0.5) is 10.5 Å². The number of nitrogens with one attached hydrogen (secondary N) is 1. The molecule has 0 aliphatic carbocycles. The fourth-order valence-electron chi connectivity index (χ4n) is 3.47. The summed E-state index contributed by atoms with van der Waals surface area (Å²) in [6, 6.07) is 7.36. The zero-order chi connectivity index (χ0) is 18.8. The van der Waals surface area contributed by atoms with E-state index in [-0.39, 0.29) is 0 Å². The molecular weight excluding hydrogens is 344 g/mol. The zero-order valence-corrected chi connectivity index (χ0v) is 15.2. The Morgan fingerprint density at radius 1 is 1.26 bits per heavy atom. The highest BCUT2D eigenvalue weighted by Crippen LogP contribution is 2.32. The number of para-hydroxylation sites is 1. The minimum absolute atomic E-state index is 0.338. The van der Waals surface area contributed by atoms with Crippen molar-refractivity contribution in [3.63, 3.8) is 0 Å². The lowest BCUT2D eigenvalue weighted by Crippen LogP contribution is -2.46. The van der Waals surface area contributed by atoms with Gasteiger partial charge in [-0.15, -0.1) is 0 Å². The fraction of sp³-hybridized carbons (Fsp3) is 0.316. The molecular formula is C19H22N6O2. The summed E-state index contributed by atoms with van der Waals surface area (Å²) >= 11 is 0. The SMILES string of the molecule is CCN1CCN(c2ccncc2-c2nc3c(OC(N)=O)cccc3[nH]2)CC1. The third-order valence-corrected chi connectivity index (χ3v) is 4.90. The van der Waals surface area contributed by atoms with Gasteiger partial charge in [-0.05, 0) is 24.7 Å². The molecule has 140 valence electrons. The highest BCUT2D eigenvalue weighted by atomic mass is 16.5. The maximum atomic E-state index is 11.1. The van der Waals surface area contributed by atoms with E-state index < -0.39 is 6.09 Å². The van der Waals surface area contributed by atoms with Crippen molar-refractivity contribution in [2.24, 2.45) is 5.73 Å². The predicted molar refractivity (Wildman–Crippen MR) is 104 cm³/mol. The second kappa shape index (κ2) is 7.24. The van der Waals surface area contributed by atoms with Crippen molar-refractivity contribution in [3.05, 3.63) is 36.7 Å². The summed E-state index contributed by atoms with van der Waals surface area (Å²) in [7, 11) is 0. The van der Waals surface area contributed by atoms with Gasteiger partial charge in [-0.1, -0.05) is 13.0 Å². The largest absolute Gasteiger partial charge is 0.410 e. The fourth-order valence-corrected chi connectivity index (χ4v) is 3.47. The molecule has 1 aliphatic rings. The summed E-state index contributed by atoms with van der Waals surface area (Å²) in [4.78, 5) is 28.2. The number of rotatable bonds is 4. The van der Waals surface area contributed by atoms with Crippen molar-refractivity contribution in [2.45, 2.75) is 6.92 Å². The van der Waals surface area contributed by atoms with Gasteiger partial charge in [0.25, 0.3) is 0 Å². The average molecular weight is 366 g/mol. The van der Waals surface area contributed by atoms with Crippen molar-refractivity contribution in [2.75, 3.05) is 37.6 Å². The van der Waals surface area contributed by atoms with E-state index >= 15 is 0 Å². The second-order valence-corrected chi connectivity index (χ2v) is 6.47. The van der Waals surface area contributed by atoms with E-state index in [1.807, 2.05) is 18.3 Å². The van der Waals surface area contributed by atoms with Gasteiger partial charge in [-0.3, -0.25) is 4.98 Å². The minimum atomic E-state index is -0.858.